The number of amides is 1. The minimum Gasteiger partial charge on any atom is -0.368 e. The number of anilines is 1. The monoisotopic (exact) mass is 483 g/mol. The number of nitrogens with zero attached hydrogens (tertiary/aromatic N) is 3. The highest BCUT2D eigenvalue weighted by atomic mass is 32.2. The molecule has 4 rings (SSSR count). The molecule has 2 aromatic rings. The largest absolute Gasteiger partial charge is 0.368 e. The Morgan fingerprint density at radius 3 is 1.97 bits per heavy atom. The van der Waals surface area contributed by atoms with E-state index in [1.54, 1.807) is 4.31 Å². The quantitative estimate of drug-likeness (QED) is 0.660. The molecular weight excluding hydrogens is 446 g/mol. The van der Waals surface area contributed by atoms with E-state index in [9.17, 15) is 13.2 Å². The van der Waals surface area contributed by atoms with Gasteiger partial charge in [0.2, 0.25) is 15.9 Å². The van der Waals surface area contributed by atoms with Gasteiger partial charge >= 0.3 is 0 Å². The Hall–Kier alpha value is -2.38. The normalized spacial score (nSPS) is 18.4. The molecule has 2 aliphatic rings. The third-order valence-corrected chi connectivity index (χ3v) is 9.83. The summed E-state index contributed by atoms with van der Waals surface area (Å²) in [5, 5.41) is 0. The fourth-order valence-corrected chi connectivity index (χ4v) is 7.35. The van der Waals surface area contributed by atoms with Crippen LogP contribution in [0.1, 0.15) is 40.7 Å². The molecule has 2 saturated heterocycles. The molecule has 6 nitrogen and oxygen atoms in total. The number of aryl methyl sites for hydroxylation is 3. The van der Waals surface area contributed by atoms with Gasteiger partial charge in [0.05, 0.1) is 4.90 Å². The van der Waals surface area contributed by atoms with E-state index in [1.807, 2.05) is 38.7 Å². The first kappa shape index (κ1) is 24.7. The van der Waals surface area contributed by atoms with E-state index >= 15 is 0 Å². The van der Waals surface area contributed by atoms with Crippen LogP contribution in [-0.2, 0) is 14.8 Å². The number of hydrogen-bond acceptors (Lipinski definition) is 4. The zero-order valence-corrected chi connectivity index (χ0v) is 21.9. The van der Waals surface area contributed by atoms with E-state index in [2.05, 4.69) is 36.1 Å². The van der Waals surface area contributed by atoms with Crippen molar-refractivity contribution in [2.75, 3.05) is 44.2 Å². The molecule has 2 aliphatic heterocycles. The smallest absolute Gasteiger partial charge is 0.243 e. The van der Waals surface area contributed by atoms with Gasteiger partial charge in [-0.25, -0.2) is 8.42 Å². The first-order valence-corrected chi connectivity index (χ1v) is 13.7. The van der Waals surface area contributed by atoms with Crippen LogP contribution >= 0.6 is 0 Å². The van der Waals surface area contributed by atoms with Crippen LogP contribution in [0.15, 0.2) is 35.2 Å². The second-order valence-electron chi connectivity index (χ2n) is 9.92. The maximum Gasteiger partial charge on any atom is 0.243 e. The van der Waals surface area contributed by atoms with E-state index in [0.717, 1.165) is 35.3 Å². The second-order valence-corrected chi connectivity index (χ2v) is 11.8. The Bertz CT molecular complexity index is 1150. The molecule has 0 spiro atoms. The summed E-state index contributed by atoms with van der Waals surface area (Å²) in [6, 6.07) is 10.5. The molecule has 0 unspecified atom stereocenters. The highest BCUT2D eigenvalue weighted by Gasteiger charge is 2.36. The van der Waals surface area contributed by atoms with E-state index < -0.39 is 10.0 Å². The Balaban J connectivity index is 1.37. The van der Waals surface area contributed by atoms with Gasteiger partial charge in [0, 0.05) is 50.9 Å². The molecule has 7 heteroatoms. The third-order valence-electron chi connectivity index (χ3n) is 7.66. The van der Waals surface area contributed by atoms with Crippen LogP contribution in [0.4, 0.5) is 5.69 Å². The van der Waals surface area contributed by atoms with Gasteiger partial charge in [0.1, 0.15) is 0 Å². The molecule has 0 saturated carbocycles. The van der Waals surface area contributed by atoms with E-state index in [4.69, 9.17) is 0 Å². The predicted octanol–water partition coefficient (Wildman–Crippen LogP) is 3.98. The van der Waals surface area contributed by atoms with E-state index in [1.165, 1.54) is 11.3 Å². The number of carbonyl (C=O) groups excluding carboxylic acids is 1. The Morgan fingerprint density at radius 1 is 0.824 bits per heavy atom. The van der Waals surface area contributed by atoms with Crippen LogP contribution in [0.25, 0.3) is 0 Å². The summed E-state index contributed by atoms with van der Waals surface area (Å²) in [6.45, 7) is 13.7. The van der Waals surface area contributed by atoms with Gasteiger partial charge in [-0.15, -0.1) is 0 Å². The summed E-state index contributed by atoms with van der Waals surface area (Å²) >= 11 is 0. The first-order valence-electron chi connectivity index (χ1n) is 12.3. The van der Waals surface area contributed by atoms with E-state index in [-0.39, 0.29) is 11.8 Å². The van der Waals surface area contributed by atoms with Crippen LogP contribution in [0.2, 0.25) is 0 Å². The summed E-state index contributed by atoms with van der Waals surface area (Å²) in [6.07, 6.45) is 1.16. The minimum atomic E-state index is -3.58. The fourth-order valence-electron chi connectivity index (χ4n) is 5.31. The average Bonchev–Trinajstić information content (AvgIpc) is 2.82. The molecule has 2 fully saturated rings. The van der Waals surface area contributed by atoms with Gasteiger partial charge in [-0.2, -0.15) is 4.31 Å². The van der Waals surface area contributed by atoms with Gasteiger partial charge in [0.15, 0.2) is 0 Å². The molecule has 0 aromatic heterocycles. The molecule has 2 aromatic carbocycles. The predicted molar refractivity (Wildman–Crippen MR) is 137 cm³/mol. The molecule has 0 N–H and O–H groups in total. The van der Waals surface area contributed by atoms with Crippen molar-refractivity contribution in [2.24, 2.45) is 5.92 Å². The van der Waals surface area contributed by atoms with Crippen LogP contribution < -0.4 is 4.90 Å². The lowest BCUT2D eigenvalue weighted by Gasteiger charge is -2.39. The lowest BCUT2D eigenvalue weighted by atomic mass is 9.96. The van der Waals surface area contributed by atoms with E-state index in [0.29, 0.717) is 43.9 Å². The van der Waals surface area contributed by atoms with Crippen molar-refractivity contribution in [1.82, 2.24) is 9.21 Å². The Kier molecular flexibility index (Phi) is 7.06. The number of hydrogen-bond donors (Lipinski definition) is 0. The molecule has 0 bridgehead atoms. The van der Waals surface area contributed by atoms with Gasteiger partial charge in [-0.3, -0.25) is 4.79 Å². The summed E-state index contributed by atoms with van der Waals surface area (Å²) in [4.78, 5) is 18.0. The standard InChI is InChI=1S/C27H37N3O3S/c1-19-7-6-8-25(17-19)28-13-15-29(16-14-28)27(31)24-9-11-30(12-10-24)34(32,33)26-22(4)20(2)18-21(3)23(26)5/h6-8,17-18,24H,9-16H2,1-5H3. The number of piperidine rings is 1. The number of benzene rings is 2. The summed E-state index contributed by atoms with van der Waals surface area (Å²) < 4.78 is 28.6. The maximum atomic E-state index is 13.5. The lowest BCUT2D eigenvalue weighted by molar-refractivity contribution is -0.137. The van der Waals surface area contributed by atoms with Crippen LogP contribution in [-0.4, -0.2) is 62.8 Å². The summed E-state index contributed by atoms with van der Waals surface area (Å²) in [5.41, 5.74) is 6.10. The SMILES string of the molecule is Cc1cccc(N2CCN(C(=O)C3CCN(S(=O)(=O)c4c(C)c(C)cc(C)c4C)CC3)CC2)c1. The first-order chi connectivity index (χ1) is 16.1. The highest BCUT2D eigenvalue weighted by Crippen LogP contribution is 2.31. The number of sulfonamides is 1. The topological polar surface area (TPSA) is 60.9 Å². The molecular formula is C27H37N3O3S. The number of piperazine rings is 1. The van der Waals surface area contributed by atoms with Crippen molar-refractivity contribution in [3.63, 3.8) is 0 Å². The fraction of sp³-hybridized carbons (Fsp3) is 0.519. The minimum absolute atomic E-state index is 0.0987. The van der Waals surface area contributed by atoms with Crippen molar-refractivity contribution in [3.8, 4) is 0 Å². The van der Waals surface area contributed by atoms with Crippen molar-refractivity contribution in [1.29, 1.82) is 0 Å². The molecule has 184 valence electrons. The lowest BCUT2D eigenvalue weighted by Crippen LogP contribution is -2.52. The van der Waals surface area contributed by atoms with Crippen LogP contribution in [0.5, 0.6) is 0 Å². The molecule has 2 heterocycles. The Labute approximate surface area is 204 Å². The summed E-state index contributed by atoms with van der Waals surface area (Å²) in [7, 11) is -3.58. The van der Waals surface area contributed by atoms with Gasteiger partial charge in [-0.05, 0) is 87.4 Å². The molecule has 0 atom stereocenters. The Morgan fingerprint density at radius 2 is 1.41 bits per heavy atom. The van der Waals surface area contributed by atoms with Gasteiger partial charge in [0.25, 0.3) is 0 Å². The maximum absolute atomic E-state index is 13.5. The molecule has 34 heavy (non-hydrogen) atoms. The number of rotatable bonds is 4. The highest BCUT2D eigenvalue weighted by molar-refractivity contribution is 7.89. The van der Waals surface area contributed by atoms with Gasteiger partial charge in [-0.1, -0.05) is 18.2 Å². The van der Waals surface area contributed by atoms with Gasteiger partial charge < -0.3 is 9.80 Å². The average molecular weight is 484 g/mol. The van der Waals surface area contributed by atoms with Crippen LogP contribution in [0.3, 0.4) is 0 Å². The zero-order chi connectivity index (χ0) is 24.6. The summed E-state index contributed by atoms with van der Waals surface area (Å²) in [5.74, 6) is 0.0816. The molecule has 0 aliphatic carbocycles. The van der Waals surface area contributed by atoms with Crippen LogP contribution in [0, 0.1) is 40.5 Å². The molecule has 1 amide bonds. The second kappa shape index (κ2) is 9.70. The van der Waals surface area contributed by atoms with Crippen molar-refractivity contribution in [2.45, 2.75) is 52.4 Å². The third kappa shape index (κ3) is 4.73. The van der Waals surface area contributed by atoms with Crippen molar-refractivity contribution in [3.05, 3.63) is 58.1 Å². The molecule has 0 radical (unpaired) electrons. The van der Waals surface area contributed by atoms with Crippen molar-refractivity contribution < 1.29 is 13.2 Å². The number of carbonyl (C=O) groups is 1. The van der Waals surface area contributed by atoms with Crippen molar-refractivity contribution >= 4 is 21.6 Å². The zero-order valence-electron chi connectivity index (χ0n) is 21.1.